The van der Waals surface area contributed by atoms with Crippen molar-refractivity contribution in [2.75, 3.05) is 0 Å². The smallest absolute Gasteiger partial charge is 0.0620 e. The number of benzene rings is 7. The molecule has 0 saturated carbocycles. The molecule has 0 aliphatic carbocycles. The molecule has 2 heteroatoms. The molecular formula is C36H20ClN. The average molecular weight is 502 g/mol. The molecule has 38 heavy (non-hydrogen) atoms. The number of rotatable bonds is 1. The quantitative estimate of drug-likeness (QED) is 0.197. The Bertz CT molecular complexity index is 2410. The van der Waals surface area contributed by atoms with E-state index in [0.29, 0.717) is 0 Å². The highest BCUT2D eigenvalue weighted by molar-refractivity contribution is 6.34. The summed E-state index contributed by atoms with van der Waals surface area (Å²) in [4.78, 5) is 0. The third-order valence-electron chi connectivity index (χ3n) is 8.36. The first-order valence-electron chi connectivity index (χ1n) is 13.0. The van der Waals surface area contributed by atoms with E-state index in [4.69, 9.17) is 11.6 Å². The van der Waals surface area contributed by atoms with Crippen LogP contribution in [-0.4, -0.2) is 4.40 Å². The van der Waals surface area contributed by atoms with Crippen molar-refractivity contribution in [2.45, 2.75) is 0 Å². The van der Waals surface area contributed by atoms with E-state index in [1.165, 1.54) is 81.5 Å². The SMILES string of the molecule is Clc1ccc2c(c1)c1ccccc1c1cccc(-c3ccc4c(c3)c3cccc5c6ccccc6n4c53)c12. The van der Waals surface area contributed by atoms with Gasteiger partial charge in [-0.15, -0.1) is 0 Å². The zero-order chi connectivity index (χ0) is 25.0. The molecule has 9 rings (SSSR count). The van der Waals surface area contributed by atoms with Gasteiger partial charge in [-0.1, -0.05) is 103 Å². The monoisotopic (exact) mass is 501 g/mol. The molecule has 7 aromatic carbocycles. The van der Waals surface area contributed by atoms with Crippen LogP contribution in [-0.2, 0) is 0 Å². The number of aromatic nitrogens is 1. The fraction of sp³-hybridized carbons (Fsp3) is 0. The second kappa shape index (κ2) is 7.25. The molecule has 0 saturated heterocycles. The van der Waals surface area contributed by atoms with Crippen LogP contribution >= 0.6 is 11.6 Å². The van der Waals surface area contributed by atoms with Crippen molar-refractivity contribution < 1.29 is 0 Å². The molecule has 1 nitrogen and oxygen atoms in total. The van der Waals surface area contributed by atoms with Crippen LogP contribution in [0.15, 0.2) is 121 Å². The third kappa shape index (κ3) is 2.52. The van der Waals surface area contributed by atoms with Gasteiger partial charge in [0.25, 0.3) is 0 Å². The highest BCUT2D eigenvalue weighted by atomic mass is 35.5. The lowest BCUT2D eigenvalue weighted by Gasteiger charge is -2.15. The Morgan fingerprint density at radius 3 is 1.92 bits per heavy atom. The molecule has 0 spiro atoms. The van der Waals surface area contributed by atoms with Gasteiger partial charge in [0.15, 0.2) is 0 Å². The van der Waals surface area contributed by atoms with Crippen LogP contribution < -0.4 is 0 Å². The van der Waals surface area contributed by atoms with E-state index in [0.717, 1.165) is 5.02 Å². The summed E-state index contributed by atoms with van der Waals surface area (Å²) in [7, 11) is 0. The zero-order valence-electron chi connectivity index (χ0n) is 20.4. The van der Waals surface area contributed by atoms with Crippen LogP contribution in [0.5, 0.6) is 0 Å². The van der Waals surface area contributed by atoms with Gasteiger partial charge in [0.2, 0.25) is 0 Å². The molecule has 0 N–H and O–H groups in total. The minimum absolute atomic E-state index is 0.763. The Hall–Kier alpha value is -4.59. The van der Waals surface area contributed by atoms with Gasteiger partial charge < -0.3 is 4.40 Å². The molecule has 2 aromatic heterocycles. The molecule has 2 heterocycles. The van der Waals surface area contributed by atoms with Gasteiger partial charge in [-0.2, -0.15) is 0 Å². The van der Waals surface area contributed by atoms with Crippen LogP contribution in [0.4, 0.5) is 0 Å². The molecule has 0 amide bonds. The van der Waals surface area contributed by atoms with E-state index in [-0.39, 0.29) is 0 Å². The molecule has 0 fully saturated rings. The van der Waals surface area contributed by atoms with Crippen LogP contribution in [0.3, 0.4) is 0 Å². The van der Waals surface area contributed by atoms with Gasteiger partial charge in [-0.3, -0.25) is 0 Å². The normalized spacial score (nSPS) is 12.3. The van der Waals surface area contributed by atoms with E-state index in [1.807, 2.05) is 6.07 Å². The van der Waals surface area contributed by atoms with Crippen molar-refractivity contribution >= 4 is 82.0 Å². The minimum Gasteiger partial charge on any atom is -0.308 e. The Labute approximate surface area is 223 Å². The van der Waals surface area contributed by atoms with Gasteiger partial charge in [-0.05, 0) is 73.8 Å². The summed E-state index contributed by atoms with van der Waals surface area (Å²) < 4.78 is 2.44. The van der Waals surface area contributed by atoms with Crippen LogP contribution in [0.1, 0.15) is 0 Å². The van der Waals surface area contributed by atoms with Crippen LogP contribution in [0.25, 0.3) is 81.5 Å². The maximum Gasteiger partial charge on any atom is 0.0620 e. The second-order valence-electron chi connectivity index (χ2n) is 10.2. The fourth-order valence-corrected chi connectivity index (χ4v) is 6.99. The lowest BCUT2D eigenvalue weighted by atomic mass is 9.89. The van der Waals surface area contributed by atoms with Crippen molar-refractivity contribution in [1.82, 2.24) is 4.40 Å². The Balaban J connectivity index is 1.43. The maximum atomic E-state index is 6.50. The van der Waals surface area contributed by atoms with Crippen LogP contribution in [0, 0.1) is 0 Å². The van der Waals surface area contributed by atoms with Crippen molar-refractivity contribution in [3.8, 4) is 11.1 Å². The Kier molecular flexibility index (Phi) is 3.90. The van der Waals surface area contributed by atoms with Gasteiger partial charge in [0, 0.05) is 26.6 Å². The summed E-state index contributed by atoms with van der Waals surface area (Å²) in [6, 6.07) is 44.1. The summed E-state index contributed by atoms with van der Waals surface area (Å²) >= 11 is 6.50. The number of hydrogen-bond donors (Lipinski definition) is 0. The predicted octanol–water partition coefficient (Wildman–Crippen LogP) is 10.6. The zero-order valence-corrected chi connectivity index (χ0v) is 21.1. The molecule has 9 aromatic rings. The van der Waals surface area contributed by atoms with Crippen LogP contribution in [0.2, 0.25) is 5.02 Å². The predicted molar refractivity (Wildman–Crippen MR) is 164 cm³/mol. The minimum atomic E-state index is 0.763. The summed E-state index contributed by atoms with van der Waals surface area (Å²) in [6.45, 7) is 0. The van der Waals surface area contributed by atoms with Crippen molar-refractivity contribution in [3.63, 3.8) is 0 Å². The molecule has 176 valence electrons. The maximum absolute atomic E-state index is 6.50. The molecule has 0 aliphatic heterocycles. The van der Waals surface area contributed by atoms with Crippen molar-refractivity contribution in [2.24, 2.45) is 0 Å². The summed E-state index contributed by atoms with van der Waals surface area (Å²) in [5.41, 5.74) is 6.30. The first-order valence-corrected chi connectivity index (χ1v) is 13.4. The highest BCUT2D eigenvalue weighted by Gasteiger charge is 2.18. The number of hydrogen-bond acceptors (Lipinski definition) is 0. The molecular weight excluding hydrogens is 482 g/mol. The van der Waals surface area contributed by atoms with E-state index in [9.17, 15) is 0 Å². The lowest BCUT2D eigenvalue weighted by Crippen LogP contribution is -1.88. The topological polar surface area (TPSA) is 4.41 Å². The van der Waals surface area contributed by atoms with E-state index >= 15 is 0 Å². The van der Waals surface area contributed by atoms with E-state index in [2.05, 4.69) is 120 Å². The van der Waals surface area contributed by atoms with Gasteiger partial charge in [-0.25, -0.2) is 0 Å². The van der Waals surface area contributed by atoms with Crippen molar-refractivity contribution in [3.05, 3.63) is 126 Å². The molecule has 0 atom stereocenters. The van der Waals surface area contributed by atoms with E-state index in [1.54, 1.807) is 0 Å². The van der Waals surface area contributed by atoms with Gasteiger partial charge in [0.1, 0.15) is 0 Å². The third-order valence-corrected chi connectivity index (χ3v) is 8.59. The van der Waals surface area contributed by atoms with Gasteiger partial charge >= 0.3 is 0 Å². The molecule has 0 unspecified atom stereocenters. The molecule has 0 radical (unpaired) electrons. The molecule has 0 bridgehead atoms. The average Bonchev–Trinajstić information content (AvgIpc) is 3.49. The lowest BCUT2D eigenvalue weighted by molar-refractivity contribution is 1.37. The summed E-state index contributed by atoms with van der Waals surface area (Å²) in [5.74, 6) is 0. The number of halogens is 1. The number of nitrogens with zero attached hydrogens (tertiary/aromatic N) is 1. The standard InChI is InChI=1S/C36H20ClN/c37-22-16-17-28-31(20-22)25-8-2-1-7-24(25)27-11-5-10-23(35(27)28)21-15-18-34-32(19-21)30-13-6-12-29-26-9-3-4-14-33(26)38(34)36(29)30/h1-20H. The highest BCUT2D eigenvalue weighted by Crippen LogP contribution is 2.43. The molecule has 0 aliphatic rings. The number of para-hydroxylation sites is 2. The van der Waals surface area contributed by atoms with Crippen molar-refractivity contribution in [1.29, 1.82) is 0 Å². The van der Waals surface area contributed by atoms with E-state index < -0.39 is 0 Å². The Morgan fingerprint density at radius 1 is 0.421 bits per heavy atom. The van der Waals surface area contributed by atoms with Gasteiger partial charge in [0.05, 0.1) is 16.6 Å². The first kappa shape index (κ1) is 20.5. The Morgan fingerprint density at radius 2 is 1.05 bits per heavy atom. The summed E-state index contributed by atoms with van der Waals surface area (Å²) in [6.07, 6.45) is 0. The second-order valence-corrected chi connectivity index (χ2v) is 10.7. The fourth-order valence-electron chi connectivity index (χ4n) is 6.82. The summed E-state index contributed by atoms with van der Waals surface area (Å²) in [5, 5.41) is 13.5. The number of fused-ring (bicyclic) bond motifs is 12. The first-order chi connectivity index (χ1) is 18.8. The largest absolute Gasteiger partial charge is 0.308 e.